The molecule has 0 unspecified atom stereocenters. The van der Waals surface area contributed by atoms with E-state index >= 15 is 0 Å². The van der Waals surface area contributed by atoms with Crippen molar-refractivity contribution in [3.8, 4) is 0 Å². The van der Waals surface area contributed by atoms with Crippen molar-refractivity contribution in [1.29, 1.82) is 0 Å². The molecular weight excluding hydrogens is 356 g/mol. The molecule has 0 spiro atoms. The number of nitrogens with zero attached hydrogens (tertiary/aromatic N) is 6. The number of nitrogen functional groups attached to an aromatic ring is 2. The molecule has 4 aromatic heterocycles. The number of hydrogen-bond donors (Lipinski definition) is 4. The molecule has 0 saturated heterocycles. The lowest BCUT2D eigenvalue weighted by Crippen LogP contribution is -2.13. The Kier molecular flexibility index (Phi) is 4.49. The number of fused-ring (bicyclic) bond motifs is 2. The topological polar surface area (TPSA) is 178 Å². The number of aromatic nitrogens is 8. The molecule has 0 aromatic carbocycles. The molecule has 0 aliphatic carbocycles. The molecule has 0 bridgehead atoms. The molecule has 4 aromatic rings. The summed E-state index contributed by atoms with van der Waals surface area (Å²) in [6.07, 6.45) is 2.81. The van der Waals surface area contributed by atoms with E-state index in [4.69, 9.17) is 23.7 Å². The standard InChI is InChI=1S/C8H9N5S.C6H5N5O/c1-3-4(2)11-7-5(10-3)6(9)12-8(14)13-7;7-4-3-1-8-2-9-5(3)11-6(12)10-4/h1-2H3,(H3,9,11,12,13,14);1-2H,(H3,7,8,9,10,11,12). The summed E-state index contributed by atoms with van der Waals surface area (Å²) in [5, 5.41) is 0.553. The van der Waals surface area contributed by atoms with Gasteiger partial charge in [0.05, 0.1) is 16.8 Å². The van der Waals surface area contributed by atoms with Crippen LogP contribution in [0.4, 0.5) is 11.6 Å². The van der Waals surface area contributed by atoms with E-state index in [1.165, 1.54) is 12.5 Å². The second-order valence-electron chi connectivity index (χ2n) is 5.24. The molecule has 0 amide bonds. The van der Waals surface area contributed by atoms with Crippen LogP contribution in [0.1, 0.15) is 11.4 Å². The number of nitrogens with two attached hydrogens (primary N) is 2. The van der Waals surface area contributed by atoms with Crippen LogP contribution >= 0.6 is 12.2 Å². The maximum atomic E-state index is 10.8. The Bertz CT molecular complexity index is 1230. The van der Waals surface area contributed by atoms with Crippen molar-refractivity contribution in [2.45, 2.75) is 13.8 Å². The number of aryl methyl sites for hydroxylation is 2. The fourth-order valence-corrected chi connectivity index (χ4v) is 2.25. The first-order valence-corrected chi connectivity index (χ1v) is 7.72. The number of rotatable bonds is 0. The molecule has 26 heavy (non-hydrogen) atoms. The molecule has 0 aliphatic heterocycles. The average molecular weight is 370 g/mol. The summed E-state index contributed by atoms with van der Waals surface area (Å²) < 4.78 is 0.326. The molecule has 0 atom stereocenters. The molecule has 4 rings (SSSR count). The van der Waals surface area contributed by atoms with Crippen molar-refractivity contribution < 1.29 is 0 Å². The summed E-state index contributed by atoms with van der Waals surface area (Å²) in [4.78, 5) is 39.6. The molecule has 0 fully saturated rings. The molecule has 0 saturated carbocycles. The normalized spacial score (nSPS) is 10.5. The third-order valence-corrected chi connectivity index (χ3v) is 3.62. The Morgan fingerprint density at radius 2 is 1.69 bits per heavy atom. The Hall–Kier alpha value is -3.54. The highest BCUT2D eigenvalue weighted by Gasteiger charge is 2.05. The van der Waals surface area contributed by atoms with Crippen LogP contribution in [-0.4, -0.2) is 39.9 Å². The fourth-order valence-electron chi connectivity index (χ4n) is 2.06. The highest BCUT2D eigenvalue weighted by atomic mass is 32.1. The van der Waals surface area contributed by atoms with Crippen LogP contribution in [0.15, 0.2) is 17.3 Å². The average Bonchev–Trinajstić information content (AvgIpc) is 2.57. The van der Waals surface area contributed by atoms with Crippen molar-refractivity contribution in [3.05, 3.63) is 39.2 Å². The lowest BCUT2D eigenvalue weighted by atomic mass is 10.3. The van der Waals surface area contributed by atoms with Gasteiger partial charge < -0.3 is 16.5 Å². The third-order valence-electron chi connectivity index (χ3n) is 3.42. The second-order valence-corrected chi connectivity index (χ2v) is 5.62. The number of nitrogens with one attached hydrogen (secondary N) is 2. The van der Waals surface area contributed by atoms with E-state index < -0.39 is 5.69 Å². The van der Waals surface area contributed by atoms with E-state index in [2.05, 4.69) is 39.9 Å². The van der Waals surface area contributed by atoms with Gasteiger partial charge in [0, 0.05) is 6.20 Å². The molecule has 11 nitrogen and oxygen atoms in total. The van der Waals surface area contributed by atoms with Crippen LogP contribution < -0.4 is 17.2 Å². The van der Waals surface area contributed by atoms with Crippen molar-refractivity contribution >= 4 is 46.1 Å². The zero-order valence-corrected chi connectivity index (χ0v) is 14.6. The van der Waals surface area contributed by atoms with Gasteiger partial charge in [0.25, 0.3) is 0 Å². The fraction of sp³-hybridized carbons (Fsp3) is 0.143. The highest BCUT2D eigenvalue weighted by molar-refractivity contribution is 7.71. The summed E-state index contributed by atoms with van der Waals surface area (Å²) in [7, 11) is 0. The molecule has 12 heteroatoms. The van der Waals surface area contributed by atoms with Gasteiger partial charge in [-0.2, -0.15) is 9.97 Å². The number of anilines is 2. The van der Waals surface area contributed by atoms with E-state index in [9.17, 15) is 4.79 Å². The minimum absolute atomic E-state index is 0.241. The van der Waals surface area contributed by atoms with Crippen molar-refractivity contribution in [2.24, 2.45) is 0 Å². The Morgan fingerprint density at radius 1 is 0.962 bits per heavy atom. The zero-order chi connectivity index (χ0) is 18.8. The molecular formula is C14H14N10OS. The van der Waals surface area contributed by atoms with Crippen LogP contribution in [0.3, 0.4) is 0 Å². The number of H-pyrrole nitrogens is 2. The van der Waals surface area contributed by atoms with Gasteiger partial charge in [0.1, 0.15) is 23.5 Å². The van der Waals surface area contributed by atoms with Gasteiger partial charge in [-0.15, -0.1) is 0 Å². The minimum Gasteiger partial charge on any atom is -0.384 e. The number of aromatic amines is 2. The lowest BCUT2D eigenvalue weighted by Gasteiger charge is -2.03. The SMILES string of the molecule is Cc1nc2nc(=S)[nH]c(N)c2nc1C.Nc1[nH]c(=O)nc2ncncc12. The third kappa shape index (κ3) is 3.44. The smallest absolute Gasteiger partial charge is 0.348 e. The maximum absolute atomic E-state index is 10.8. The predicted molar refractivity (Wildman–Crippen MR) is 98.8 cm³/mol. The summed E-state index contributed by atoms with van der Waals surface area (Å²) in [5.41, 5.74) is 13.8. The largest absolute Gasteiger partial charge is 0.384 e. The van der Waals surface area contributed by atoms with Crippen molar-refractivity contribution in [1.82, 2.24) is 39.9 Å². The van der Waals surface area contributed by atoms with E-state index in [1.54, 1.807) is 0 Å². The van der Waals surface area contributed by atoms with Crippen LogP contribution in [-0.2, 0) is 0 Å². The maximum Gasteiger partial charge on any atom is 0.348 e. The monoisotopic (exact) mass is 370 g/mol. The summed E-state index contributed by atoms with van der Waals surface area (Å²) >= 11 is 4.89. The molecule has 0 radical (unpaired) electrons. The van der Waals surface area contributed by atoms with E-state index in [0.717, 1.165) is 11.4 Å². The van der Waals surface area contributed by atoms with Gasteiger partial charge in [-0.3, -0.25) is 4.98 Å². The van der Waals surface area contributed by atoms with Gasteiger partial charge in [0.15, 0.2) is 11.3 Å². The molecule has 4 heterocycles. The van der Waals surface area contributed by atoms with Gasteiger partial charge in [-0.1, -0.05) is 0 Å². The zero-order valence-electron chi connectivity index (χ0n) is 13.8. The van der Waals surface area contributed by atoms with E-state index in [1.807, 2.05) is 13.8 Å². The highest BCUT2D eigenvalue weighted by Crippen LogP contribution is 2.14. The van der Waals surface area contributed by atoms with Gasteiger partial charge >= 0.3 is 5.69 Å². The Balaban J connectivity index is 0.000000152. The molecule has 132 valence electrons. The van der Waals surface area contributed by atoms with Crippen LogP contribution in [0, 0.1) is 18.6 Å². The number of hydrogen-bond acceptors (Lipinski definition) is 10. The molecule has 6 N–H and O–H groups in total. The molecule has 0 aliphatic rings. The minimum atomic E-state index is -0.501. The van der Waals surface area contributed by atoms with E-state index in [0.29, 0.717) is 32.8 Å². The van der Waals surface area contributed by atoms with Gasteiger partial charge in [-0.05, 0) is 26.1 Å². The lowest BCUT2D eigenvalue weighted by molar-refractivity contribution is 1.05. The first-order valence-electron chi connectivity index (χ1n) is 7.31. The summed E-state index contributed by atoms with van der Waals surface area (Å²) in [6, 6.07) is 0. The van der Waals surface area contributed by atoms with Crippen LogP contribution in [0.5, 0.6) is 0 Å². The Labute approximate surface area is 151 Å². The summed E-state index contributed by atoms with van der Waals surface area (Å²) in [6.45, 7) is 3.75. The Morgan fingerprint density at radius 3 is 2.46 bits per heavy atom. The first kappa shape index (κ1) is 17.3. The predicted octanol–water partition coefficient (Wildman–Crippen LogP) is 0.577. The quantitative estimate of drug-likeness (QED) is 0.320. The second kappa shape index (κ2) is 6.76. The van der Waals surface area contributed by atoms with Crippen molar-refractivity contribution in [3.63, 3.8) is 0 Å². The van der Waals surface area contributed by atoms with E-state index in [-0.39, 0.29) is 5.82 Å². The summed E-state index contributed by atoms with van der Waals surface area (Å²) in [5.74, 6) is 0.654. The van der Waals surface area contributed by atoms with Crippen LogP contribution in [0.25, 0.3) is 22.2 Å². The van der Waals surface area contributed by atoms with Gasteiger partial charge in [-0.25, -0.2) is 24.7 Å². The van der Waals surface area contributed by atoms with Crippen LogP contribution in [0.2, 0.25) is 0 Å². The van der Waals surface area contributed by atoms with Gasteiger partial charge in [0.2, 0.25) is 4.77 Å². The first-order chi connectivity index (χ1) is 12.3. The van der Waals surface area contributed by atoms with Crippen molar-refractivity contribution in [2.75, 3.05) is 11.5 Å².